The minimum atomic E-state index is -1.05. The first-order chi connectivity index (χ1) is 15.3. The predicted molar refractivity (Wildman–Crippen MR) is 116 cm³/mol. The van der Waals surface area contributed by atoms with Gasteiger partial charge in [-0.15, -0.1) is 11.3 Å². The minimum absolute atomic E-state index is 0.0578. The second-order valence-electron chi connectivity index (χ2n) is 7.21. The number of esters is 1. The highest BCUT2D eigenvalue weighted by atomic mass is 32.1. The molecule has 0 saturated carbocycles. The molecule has 11 heteroatoms. The number of hydrogen-bond acceptors (Lipinski definition) is 8. The SMILES string of the molecule is CC[C@@H](C)C(C(=O)Nc1nc(C(=O)OC)cs1)N1C(=O)N[C@H](c2ccc(OC)cc2)C1=O. The van der Waals surface area contributed by atoms with Crippen molar-refractivity contribution in [1.82, 2.24) is 15.2 Å². The van der Waals surface area contributed by atoms with Crippen molar-refractivity contribution in [3.8, 4) is 5.75 Å². The molecule has 1 aromatic carbocycles. The van der Waals surface area contributed by atoms with Crippen LogP contribution in [0.2, 0.25) is 0 Å². The first-order valence-electron chi connectivity index (χ1n) is 9.92. The number of ether oxygens (including phenoxy) is 2. The molecule has 1 aromatic heterocycles. The number of anilines is 1. The molecule has 2 N–H and O–H groups in total. The van der Waals surface area contributed by atoms with E-state index in [1.54, 1.807) is 31.2 Å². The molecule has 0 radical (unpaired) electrons. The number of imide groups is 1. The lowest BCUT2D eigenvalue weighted by Crippen LogP contribution is -2.51. The topological polar surface area (TPSA) is 127 Å². The third-order valence-corrected chi connectivity index (χ3v) is 6.04. The van der Waals surface area contributed by atoms with Crippen LogP contribution in [0.3, 0.4) is 0 Å². The molecule has 2 aromatic rings. The Morgan fingerprint density at radius 1 is 1.25 bits per heavy atom. The third-order valence-electron chi connectivity index (χ3n) is 5.28. The second kappa shape index (κ2) is 9.77. The number of aromatic nitrogens is 1. The van der Waals surface area contributed by atoms with Crippen LogP contribution in [0.1, 0.15) is 42.4 Å². The van der Waals surface area contributed by atoms with Crippen LogP contribution in [0.5, 0.6) is 5.75 Å². The molecule has 1 unspecified atom stereocenters. The van der Waals surface area contributed by atoms with Crippen LogP contribution in [0.15, 0.2) is 29.6 Å². The maximum absolute atomic E-state index is 13.2. The molecular weight excluding hydrogens is 436 g/mol. The zero-order valence-electron chi connectivity index (χ0n) is 18.1. The smallest absolute Gasteiger partial charge is 0.357 e. The Hall–Kier alpha value is -3.47. The van der Waals surface area contributed by atoms with Gasteiger partial charge >= 0.3 is 12.0 Å². The van der Waals surface area contributed by atoms with Gasteiger partial charge in [0, 0.05) is 5.38 Å². The van der Waals surface area contributed by atoms with Crippen LogP contribution in [-0.4, -0.2) is 54.0 Å². The molecule has 170 valence electrons. The van der Waals surface area contributed by atoms with Crippen molar-refractivity contribution in [2.45, 2.75) is 32.4 Å². The molecule has 2 heterocycles. The molecule has 3 rings (SSSR count). The van der Waals surface area contributed by atoms with Gasteiger partial charge in [0.05, 0.1) is 14.2 Å². The number of thiazole rings is 1. The van der Waals surface area contributed by atoms with E-state index in [9.17, 15) is 19.2 Å². The van der Waals surface area contributed by atoms with Crippen LogP contribution < -0.4 is 15.4 Å². The van der Waals surface area contributed by atoms with Gasteiger partial charge in [0.1, 0.15) is 17.8 Å². The molecule has 0 bridgehead atoms. The van der Waals surface area contributed by atoms with E-state index in [2.05, 4.69) is 20.4 Å². The summed E-state index contributed by atoms with van der Waals surface area (Å²) in [4.78, 5) is 55.6. The van der Waals surface area contributed by atoms with E-state index in [1.807, 2.05) is 6.92 Å². The van der Waals surface area contributed by atoms with E-state index in [-0.39, 0.29) is 16.7 Å². The Morgan fingerprint density at radius 3 is 2.53 bits per heavy atom. The van der Waals surface area contributed by atoms with Crippen LogP contribution in [0.25, 0.3) is 0 Å². The van der Waals surface area contributed by atoms with Crippen molar-refractivity contribution < 1.29 is 28.7 Å². The fourth-order valence-corrected chi connectivity index (χ4v) is 4.02. The first kappa shape index (κ1) is 23.2. The summed E-state index contributed by atoms with van der Waals surface area (Å²) >= 11 is 1.04. The molecule has 0 aliphatic carbocycles. The molecule has 1 saturated heterocycles. The number of amides is 4. The standard InChI is InChI=1S/C21H24N4O6S/c1-5-11(2)16(17(26)24-20-22-14(10-32-20)19(28)31-4)25-18(27)15(23-21(25)29)12-6-8-13(30-3)9-7-12/h6-11,15-16H,5H2,1-4H3,(H,23,29)(H,22,24,26)/t11-,15-,16?/m1/s1. The molecular formula is C21H24N4O6S. The minimum Gasteiger partial charge on any atom is -0.497 e. The Morgan fingerprint density at radius 2 is 1.94 bits per heavy atom. The molecule has 10 nitrogen and oxygen atoms in total. The molecule has 4 amide bonds. The lowest BCUT2D eigenvalue weighted by Gasteiger charge is -2.28. The Balaban J connectivity index is 1.83. The number of carbonyl (C=O) groups is 4. The summed E-state index contributed by atoms with van der Waals surface area (Å²) in [6, 6.07) is 4.15. The average molecular weight is 461 g/mol. The van der Waals surface area contributed by atoms with E-state index < -0.39 is 35.9 Å². The zero-order chi connectivity index (χ0) is 23.4. The highest BCUT2D eigenvalue weighted by Gasteiger charge is 2.47. The summed E-state index contributed by atoms with van der Waals surface area (Å²) in [5.74, 6) is -1.41. The summed E-state index contributed by atoms with van der Waals surface area (Å²) in [7, 11) is 2.76. The zero-order valence-corrected chi connectivity index (χ0v) is 18.9. The third kappa shape index (κ3) is 4.57. The van der Waals surface area contributed by atoms with Crippen LogP contribution in [0.4, 0.5) is 9.93 Å². The molecule has 0 spiro atoms. The normalized spacial score (nSPS) is 17.5. The number of urea groups is 1. The predicted octanol–water partition coefficient (Wildman–Crippen LogP) is 2.58. The highest BCUT2D eigenvalue weighted by Crippen LogP contribution is 2.29. The van der Waals surface area contributed by atoms with Crippen molar-refractivity contribution in [3.63, 3.8) is 0 Å². The van der Waals surface area contributed by atoms with E-state index in [0.29, 0.717) is 17.7 Å². The summed E-state index contributed by atoms with van der Waals surface area (Å²) in [5, 5.41) is 6.89. The van der Waals surface area contributed by atoms with Crippen molar-refractivity contribution in [2.75, 3.05) is 19.5 Å². The summed E-state index contributed by atoms with van der Waals surface area (Å²) < 4.78 is 9.74. The Labute approximate surface area is 188 Å². The van der Waals surface area contributed by atoms with Gasteiger partial charge in [-0.3, -0.25) is 9.59 Å². The van der Waals surface area contributed by atoms with Gasteiger partial charge in [0.2, 0.25) is 5.91 Å². The van der Waals surface area contributed by atoms with Crippen molar-refractivity contribution in [2.24, 2.45) is 5.92 Å². The van der Waals surface area contributed by atoms with Gasteiger partial charge < -0.3 is 20.1 Å². The van der Waals surface area contributed by atoms with Gasteiger partial charge in [-0.2, -0.15) is 0 Å². The summed E-state index contributed by atoms with van der Waals surface area (Å²) in [6.07, 6.45) is 0.549. The fourth-order valence-electron chi connectivity index (χ4n) is 3.34. The molecule has 3 atom stereocenters. The maximum atomic E-state index is 13.2. The van der Waals surface area contributed by atoms with Crippen molar-refractivity contribution in [3.05, 3.63) is 40.9 Å². The van der Waals surface area contributed by atoms with Crippen LogP contribution in [-0.2, 0) is 14.3 Å². The number of methoxy groups -OCH3 is 2. The maximum Gasteiger partial charge on any atom is 0.357 e. The summed E-state index contributed by atoms with van der Waals surface area (Å²) in [5.41, 5.74) is 0.639. The van der Waals surface area contributed by atoms with E-state index in [1.165, 1.54) is 19.6 Å². The number of carbonyl (C=O) groups excluding carboxylic acids is 4. The highest BCUT2D eigenvalue weighted by molar-refractivity contribution is 7.14. The van der Waals surface area contributed by atoms with E-state index in [4.69, 9.17) is 4.74 Å². The monoisotopic (exact) mass is 460 g/mol. The van der Waals surface area contributed by atoms with Gasteiger partial charge in [-0.1, -0.05) is 32.4 Å². The lowest BCUT2D eigenvalue weighted by atomic mass is 9.96. The largest absolute Gasteiger partial charge is 0.497 e. The van der Waals surface area contributed by atoms with Gasteiger partial charge in [0.15, 0.2) is 10.8 Å². The molecule has 1 fully saturated rings. The lowest BCUT2D eigenvalue weighted by molar-refractivity contribution is -0.135. The van der Waals surface area contributed by atoms with Crippen LogP contribution in [0, 0.1) is 5.92 Å². The fraction of sp³-hybridized carbons (Fsp3) is 0.381. The first-order valence-corrected chi connectivity index (χ1v) is 10.8. The molecule has 32 heavy (non-hydrogen) atoms. The summed E-state index contributed by atoms with van der Waals surface area (Å²) in [6.45, 7) is 3.65. The van der Waals surface area contributed by atoms with Gasteiger partial charge in [-0.25, -0.2) is 19.5 Å². The van der Waals surface area contributed by atoms with Gasteiger partial charge in [0.25, 0.3) is 5.91 Å². The number of hydrogen-bond donors (Lipinski definition) is 2. The number of nitrogens with one attached hydrogen (secondary N) is 2. The Kier molecular flexibility index (Phi) is 7.08. The van der Waals surface area contributed by atoms with E-state index >= 15 is 0 Å². The quantitative estimate of drug-likeness (QED) is 0.458. The van der Waals surface area contributed by atoms with Crippen molar-refractivity contribution >= 4 is 40.3 Å². The molecule has 1 aliphatic rings. The van der Waals surface area contributed by atoms with Crippen molar-refractivity contribution in [1.29, 1.82) is 0 Å². The second-order valence-corrected chi connectivity index (χ2v) is 8.07. The molecule has 1 aliphatic heterocycles. The Bertz CT molecular complexity index is 1020. The van der Waals surface area contributed by atoms with E-state index in [0.717, 1.165) is 16.2 Å². The number of nitrogens with zero attached hydrogens (tertiary/aromatic N) is 2. The average Bonchev–Trinajstić information content (AvgIpc) is 3.38. The van der Waals surface area contributed by atoms with Gasteiger partial charge in [-0.05, 0) is 23.6 Å². The number of rotatable bonds is 8. The van der Waals surface area contributed by atoms with Crippen LogP contribution >= 0.6 is 11.3 Å². The number of benzene rings is 1.